The lowest BCUT2D eigenvalue weighted by molar-refractivity contribution is 0.0601. The lowest BCUT2D eigenvalue weighted by atomic mass is 10.00. The van der Waals surface area contributed by atoms with Gasteiger partial charge in [-0.1, -0.05) is 36.4 Å². The summed E-state index contributed by atoms with van der Waals surface area (Å²) >= 11 is 1.61. The van der Waals surface area contributed by atoms with E-state index >= 15 is 0 Å². The lowest BCUT2D eigenvalue weighted by Crippen LogP contribution is -2.03. The van der Waals surface area contributed by atoms with E-state index in [9.17, 15) is 4.79 Å². The van der Waals surface area contributed by atoms with Gasteiger partial charge in [0.25, 0.3) is 0 Å². The first-order valence-corrected chi connectivity index (χ1v) is 6.80. The van der Waals surface area contributed by atoms with Crippen molar-refractivity contribution in [3.05, 3.63) is 54.1 Å². The summed E-state index contributed by atoms with van der Waals surface area (Å²) in [4.78, 5) is 12.9. The molecule has 2 aromatic rings. The zero-order valence-corrected chi connectivity index (χ0v) is 11.2. The largest absolute Gasteiger partial charge is 0.465 e. The summed E-state index contributed by atoms with van der Waals surface area (Å²) in [6, 6.07) is 15.7. The maximum absolute atomic E-state index is 11.8. The molecule has 92 valence electrons. The highest BCUT2D eigenvalue weighted by molar-refractivity contribution is 7.98. The monoisotopic (exact) mass is 258 g/mol. The molecule has 0 bridgehead atoms. The summed E-state index contributed by atoms with van der Waals surface area (Å²) in [5.74, 6) is -0.301. The van der Waals surface area contributed by atoms with Crippen LogP contribution in [-0.4, -0.2) is 19.3 Å². The topological polar surface area (TPSA) is 26.3 Å². The molecule has 0 aliphatic rings. The molecule has 0 spiro atoms. The van der Waals surface area contributed by atoms with Crippen LogP contribution in [0.3, 0.4) is 0 Å². The Labute approximate surface area is 111 Å². The van der Waals surface area contributed by atoms with Crippen molar-refractivity contribution in [2.45, 2.75) is 4.90 Å². The minimum Gasteiger partial charge on any atom is -0.465 e. The van der Waals surface area contributed by atoms with E-state index in [0.29, 0.717) is 5.56 Å². The summed E-state index contributed by atoms with van der Waals surface area (Å²) in [6.45, 7) is 0. The Hall–Kier alpha value is -1.74. The molecule has 0 saturated heterocycles. The van der Waals surface area contributed by atoms with Crippen LogP contribution < -0.4 is 0 Å². The van der Waals surface area contributed by atoms with Crippen LogP contribution in [0, 0.1) is 0 Å². The van der Waals surface area contributed by atoms with Crippen LogP contribution in [0.25, 0.3) is 11.1 Å². The second-order valence-electron chi connectivity index (χ2n) is 3.77. The molecule has 0 atom stereocenters. The van der Waals surface area contributed by atoms with E-state index < -0.39 is 0 Å². The fraction of sp³-hybridized carbons (Fsp3) is 0.133. The highest BCUT2D eigenvalue weighted by Gasteiger charge is 2.13. The van der Waals surface area contributed by atoms with Gasteiger partial charge in [-0.25, -0.2) is 4.79 Å². The molecule has 0 saturated carbocycles. The first-order valence-electron chi connectivity index (χ1n) is 5.58. The molecule has 0 aliphatic carbocycles. The quantitative estimate of drug-likeness (QED) is 0.617. The predicted octanol–water partition coefficient (Wildman–Crippen LogP) is 3.86. The summed E-state index contributed by atoms with van der Waals surface area (Å²) in [5, 5.41) is 0. The van der Waals surface area contributed by atoms with Crippen LogP contribution in [0.1, 0.15) is 10.4 Å². The zero-order chi connectivity index (χ0) is 13.0. The molecule has 0 radical (unpaired) electrons. The predicted molar refractivity (Wildman–Crippen MR) is 75.0 cm³/mol. The van der Waals surface area contributed by atoms with Gasteiger partial charge in [-0.2, -0.15) is 0 Å². The normalized spacial score (nSPS) is 10.1. The van der Waals surface area contributed by atoms with Crippen molar-refractivity contribution in [3.8, 4) is 11.1 Å². The van der Waals surface area contributed by atoms with Crippen molar-refractivity contribution < 1.29 is 9.53 Å². The van der Waals surface area contributed by atoms with E-state index in [1.807, 2.05) is 54.8 Å². The second-order valence-corrected chi connectivity index (χ2v) is 4.65. The van der Waals surface area contributed by atoms with Crippen molar-refractivity contribution in [2.24, 2.45) is 0 Å². The van der Waals surface area contributed by atoms with E-state index in [0.717, 1.165) is 16.0 Å². The Morgan fingerprint density at radius 1 is 1.11 bits per heavy atom. The average Bonchev–Trinajstić information content (AvgIpc) is 2.46. The molecular weight excluding hydrogens is 244 g/mol. The molecule has 2 aromatic carbocycles. The van der Waals surface area contributed by atoms with Crippen LogP contribution in [0.4, 0.5) is 0 Å². The Kier molecular flexibility index (Phi) is 4.05. The zero-order valence-electron chi connectivity index (χ0n) is 10.3. The summed E-state index contributed by atoms with van der Waals surface area (Å²) in [7, 11) is 1.41. The van der Waals surface area contributed by atoms with Gasteiger partial charge in [0.15, 0.2) is 0 Å². The van der Waals surface area contributed by atoms with Crippen molar-refractivity contribution in [3.63, 3.8) is 0 Å². The van der Waals surface area contributed by atoms with Crippen LogP contribution in [-0.2, 0) is 4.74 Å². The highest BCUT2D eigenvalue weighted by Crippen LogP contribution is 2.28. The van der Waals surface area contributed by atoms with Crippen molar-refractivity contribution in [2.75, 3.05) is 13.4 Å². The van der Waals surface area contributed by atoms with Gasteiger partial charge >= 0.3 is 5.97 Å². The molecule has 18 heavy (non-hydrogen) atoms. The highest BCUT2D eigenvalue weighted by atomic mass is 32.2. The third-order valence-electron chi connectivity index (χ3n) is 2.72. The van der Waals surface area contributed by atoms with Crippen LogP contribution in [0.5, 0.6) is 0 Å². The van der Waals surface area contributed by atoms with Gasteiger partial charge < -0.3 is 4.74 Å². The Bertz CT molecular complexity index is 550. The Balaban J connectivity index is 2.56. The fourth-order valence-corrected chi connectivity index (χ4v) is 2.24. The minimum absolute atomic E-state index is 0.301. The third-order valence-corrected chi connectivity index (χ3v) is 3.44. The molecule has 0 amide bonds. The van der Waals surface area contributed by atoms with E-state index in [2.05, 4.69) is 0 Å². The van der Waals surface area contributed by atoms with Gasteiger partial charge in [0.1, 0.15) is 0 Å². The van der Waals surface area contributed by atoms with E-state index in [4.69, 9.17) is 4.74 Å². The first kappa shape index (κ1) is 12.7. The fourth-order valence-electron chi connectivity index (χ4n) is 1.80. The number of carbonyl (C=O) groups excluding carboxylic acids is 1. The Morgan fingerprint density at radius 2 is 1.83 bits per heavy atom. The summed E-state index contributed by atoms with van der Waals surface area (Å²) in [6.07, 6.45) is 1.98. The van der Waals surface area contributed by atoms with Crippen molar-refractivity contribution in [1.29, 1.82) is 0 Å². The Morgan fingerprint density at radius 3 is 2.44 bits per heavy atom. The van der Waals surface area contributed by atoms with E-state index in [1.54, 1.807) is 11.8 Å². The van der Waals surface area contributed by atoms with Crippen LogP contribution in [0.2, 0.25) is 0 Å². The van der Waals surface area contributed by atoms with Crippen LogP contribution in [0.15, 0.2) is 53.4 Å². The maximum Gasteiger partial charge on any atom is 0.338 e. The van der Waals surface area contributed by atoms with Crippen molar-refractivity contribution in [1.82, 2.24) is 0 Å². The number of thioether (sulfide) groups is 1. The molecule has 0 unspecified atom stereocenters. The van der Waals surface area contributed by atoms with Gasteiger partial charge in [0, 0.05) is 4.90 Å². The number of methoxy groups -OCH3 is 1. The molecule has 0 aromatic heterocycles. The molecule has 0 aliphatic heterocycles. The number of esters is 1. The second kappa shape index (κ2) is 5.74. The minimum atomic E-state index is -0.301. The van der Waals surface area contributed by atoms with Gasteiger partial charge in [-0.05, 0) is 29.5 Å². The first-order chi connectivity index (χ1) is 8.76. The van der Waals surface area contributed by atoms with E-state index in [-0.39, 0.29) is 5.97 Å². The van der Waals surface area contributed by atoms with Gasteiger partial charge in [0.05, 0.1) is 12.7 Å². The average molecular weight is 258 g/mol. The molecule has 0 heterocycles. The molecule has 2 rings (SSSR count). The number of hydrogen-bond donors (Lipinski definition) is 0. The van der Waals surface area contributed by atoms with Gasteiger partial charge in [0.2, 0.25) is 0 Å². The van der Waals surface area contributed by atoms with Crippen LogP contribution >= 0.6 is 11.8 Å². The number of ether oxygens (including phenoxy) is 1. The smallest absolute Gasteiger partial charge is 0.338 e. The SMILES string of the molecule is COC(=O)c1cc(SC)ccc1-c1ccccc1. The molecule has 0 N–H and O–H groups in total. The molecule has 0 fully saturated rings. The molecule has 2 nitrogen and oxygen atoms in total. The standard InChI is InChI=1S/C15H14O2S/c1-17-15(16)14-10-12(18-2)8-9-13(14)11-6-4-3-5-7-11/h3-10H,1-2H3. The lowest BCUT2D eigenvalue weighted by Gasteiger charge is -2.09. The van der Waals surface area contributed by atoms with Gasteiger partial charge in [-0.15, -0.1) is 11.8 Å². The number of carbonyl (C=O) groups is 1. The molecule has 3 heteroatoms. The maximum atomic E-state index is 11.8. The molecular formula is C15H14O2S. The number of rotatable bonds is 3. The summed E-state index contributed by atoms with van der Waals surface area (Å²) in [5.41, 5.74) is 2.53. The third kappa shape index (κ3) is 2.57. The number of benzene rings is 2. The van der Waals surface area contributed by atoms with Crippen molar-refractivity contribution >= 4 is 17.7 Å². The summed E-state index contributed by atoms with van der Waals surface area (Å²) < 4.78 is 4.85. The van der Waals surface area contributed by atoms with Gasteiger partial charge in [-0.3, -0.25) is 0 Å². The number of hydrogen-bond acceptors (Lipinski definition) is 3. The van der Waals surface area contributed by atoms with E-state index in [1.165, 1.54) is 7.11 Å².